The van der Waals surface area contributed by atoms with Crippen LogP contribution in [0.4, 0.5) is 5.69 Å². The molecule has 4 heteroatoms. The van der Waals surface area contributed by atoms with Crippen LogP contribution in [0.2, 0.25) is 0 Å². The zero-order valence-electron chi connectivity index (χ0n) is 11.4. The Morgan fingerprint density at radius 3 is 3.00 bits per heavy atom. The molecule has 0 spiro atoms. The van der Waals surface area contributed by atoms with E-state index in [1.165, 1.54) is 12.8 Å². The van der Waals surface area contributed by atoms with Crippen LogP contribution in [0.1, 0.15) is 36.5 Å². The molecule has 0 bridgehead atoms. The smallest absolute Gasteiger partial charge is 0.337 e. The van der Waals surface area contributed by atoms with Crippen LogP contribution in [0.25, 0.3) is 0 Å². The van der Waals surface area contributed by atoms with Crippen molar-refractivity contribution in [3.8, 4) is 0 Å². The van der Waals surface area contributed by atoms with Crippen molar-refractivity contribution >= 4 is 11.7 Å². The summed E-state index contributed by atoms with van der Waals surface area (Å²) in [5.41, 5.74) is 1.25. The van der Waals surface area contributed by atoms with E-state index in [4.69, 9.17) is 0 Å². The summed E-state index contributed by atoms with van der Waals surface area (Å²) in [4.78, 5) is 13.5. The minimum atomic E-state index is -0.848. The van der Waals surface area contributed by atoms with Crippen molar-refractivity contribution in [2.24, 2.45) is 0 Å². The van der Waals surface area contributed by atoms with Gasteiger partial charge in [-0.1, -0.05) is 31.9 Å². The van der Waals surface area contributed by atoms with Crippen molar-refractivity contribution in [3.05, 3.63) is 29.8 Å². The van der Waals surface area contributed by atoms with Gasteiger partial charge in [0.25, 0.3) is 0 Å². The van der Waals surface area contributed by atoms with Gasteiger partial charge in [-0.25, -0.2) is 4.79 Å². The van der Waals surface area contributed by atoms with Crippen molar-refractivity contribution in [3.63, 3.8) is 0 Å². The van der Waals surface area contributed by atoms with Gasteiger partial charge < -0.3 is 15.3 Å². The van der Waals surface area contributed by atoms with Crippen LogP contribution in [0.3, 0.4) is 0 Å². The van der Waals surface area contributed by atoms with Crippen LogP contribution < -0.4 is 10.2 Å². The molecule has 2 N–H and O–H groups in total. The molecular weight excluding hydrogens is 240 g/mol. The number of nitrogens with one attached hydrogen (secondary N) is 1. The Labute approximate surface area is 114 Å². The Morgan fingerprint density at radius 2 is 2.26 bits per heavy atom. The summed E-state index contributed by atoms with van der Waals surface area (Å²) in [6.07, 6.45) is 3.57. The minimum absolute atomic E-state index is 0.402. The number of anilines is 1. The molecule has 0 amide bonds. The Bertz CT molecular complexity index is 434. The van der Waals surface area contributed by atoms with Gasteiger partial charge in [0.2, 0.25) is 0 Å². The molecule has 1 aliphatic heterocycles. The van der Waals surface area contributed by atoms with Gasteiger partial charge in [-0.2, -0.15) is 0 Å². The number of hydrogen-bond donors (Lipinski definition) is 2. The lowest BCUT2D eigenvalue weighted by Gasteiger charge is -2.36. The third-order valence-corrected chi connectivity index (χ3v) is 3.64. The molecule has 1 heterocycles. The van der Waals surface area contributed by atoms with E-state index in [-0.39, 0.29) is 0 Å². The summed E-state index contributed by atoms with van der Waals surface area (Å²) in [5, 5.41) is 12.8. The molecule has 0 aliphatic carbocycles. The van der Waals surface area contributed by atoms with E-state index in [9.17, 15) is 9.90 Å². The van der Waals surface area contributed by atoms with Gasteiger partial charge in [0.1, 0.15) is 0 Å². The third-order valence-electron chi connectivity index (χ3n) is 3.64. The van der Waals surface area contributed by atoms with Crippen molar-refractivity contribution in [2.75, 3.05) is 24.5 Å². The number of carbonyl (C=O) groups is 1. The van der Waals surface area contributed by atoms with E-state index in [1.807, 2.05) is 12.1 Å². The van der Waals surface area contributed by atoms with Crippen molar-refractivity contribution < 1.29 is 9.90 Å². The largest absolute Gasteiger partial charge is 0.478 e. The molecular formula is C15H22N2O2. The standard InChI is InChI=1S/C15H22N2O2/c1-2-3-6-12-11-17(10-9-16-12)14-8-5-4-7-13(14)15(18)19/h4-5,7-8,12,16H,2-3,6,9-11H2,1H3,(H,18,19). The lowest BCUT2D eigenvalue weighted by atomic mass is 10.1. The van der Waals surface area contributed by atoms with Gasteiger partial charge in [-0.15, -0.1) is 0 Å². The van der Waals surface area contributed by atoms with Crippen molar-refractivity contribution in [2.45, 2.75) is 32.2 Å². The van der Waals surface area contributed by atoms with Crippen LogP contribution in [0.15, 0.2) is 24.3 Å². The first kappa shape index (κ1) is 13.9. The summed E-state index contributed by atoms with van der Waals surface area (Å²) in [7, 11) is 0. The number of piperazine rings is 1. The zero-order chi connectivity index (χ0) is 13.7. The van der Waals surface area contributed by atoms with E-state index < -0.39 is 5.97 Å². The molecule has 1 saturated heterocycles. The number of aromatic carboxylic acids is 1. The molecule has 1 aromatic carbocycles. The highest BCUT2D eigenvalue weighted by molar-refractivity contribution is 5.94. The van der Waals surface area contributed by atoms with E-state index in [0.29, 0.717) is 11.6 Å². The summed E-state index contributed by atoms with van der Waals surface area (Å²) < 4.78 is 0. The fourth-order valence-corrected chi connectivity index (χ4v) is 2.62. The number of para-hydroxylation sites is 1. The average molecular weight is 262 g/mol. The first-order valence-electron chi connectivity index (χ1n) is 7.03. The maximum absolute atomic E-state index is 11.3. The van der Waals surface area contributed by atoms with E-state index in [2.05, 4.69) is 17.1 Å². The first-order valence-corrected chi connectivity index (χ1v) is 7.03. The average Bonchev–Trinajstić information content (AvgIpc) is 2.45. The fourth-order valence-electron chi connectivity index (χ4n) is 2.62. The van der Waals surface area contributed by atoms with Crippen LogP contribution in [0, 0.1) is 0 Å². The number of carboxylic acid groups (broad SMARTS) is 1. The second-order valence-corrected chi connectivity index (χ2v) is 5.06. The number of rotatable bonds is 5. The highest BCUT2D eigenvalue weighted by atomic mass is 16.4. The molecule has 1 unspecified atom stereocenters. The molecule has 4 nitrogen and oxygen atoms in total. The lowest BCUT2D eigenvalue weighted by Crippen LogP contribution is -2.51. The number of benzene rings is 1. The summed E-state index contributed by atoms with van der Waals surface area (Å²) in [6.45, 7) is 4.87. The lowest BCUT2D eigenvalue weighted by molar-refractivity contribution is 0.0697. The maximum Gasteiger partial charge on any atom is 0.337 e. The topological polar surface area (TPSA) is 52.6 Å². The van der Waals surface area contributed by atoms with Crippen LogP contribution >= 0.6 is 0 Å². The summed E-state index contributed by atoms with van der Waals surface area (Å²) >= 11 is 0. The normalized spacial score (nSPS) is 19.4. The van der Waals surface area contributed by atoms with Crippen LogP contribution in [0.5, 0.6) is 0 Å². The number of unbranched alkanes of at least 4 members (excludes halogenated alkanes) is 1. The molecule has 0 saturated carbocycles. The minimum Gasteiger partial charge on any atom is -0.478 e. The Kier molecular flexibility index (Phi) is 4.80. The summed E-state index contributed by atoms with van der Waals surface area (Å²) in [6, 6.07) is 7.75. The molecule has 104 valence electrons. The van der Waals surface area contributed by atoms with Gasteiger partial charge in [-0.05, 0) is 18.6 Å². The molecule has 1 atom stereocenters. The Hall–Kier alpha value is -1.55. The quantitative estimate of drug-likeness (QED) is 0.855. The van der Waals surface area contributed by atoms with Crippen LogP contribution in [-0.2, 0) is 0 Å². The van der Waals surface area contributed by atoms with Gasteiger partial charge in [-0.3, -0.25) is 0 Å². The van der Waals surface area contributed by atoms with Gasteiger partial charge >= 0.3 is 5.97 Å². The molecule has 2 rings (SSSR count). The number of carboxylic acids is 1. The molecule has 19 heavy (non-hydrogen) atoms. The van der Waals surface area contributed by atoms with Crippen molar-refractivity contribution in [1.82, 2.24) is 5.32 Å². The molecule has 1 aliphatic rings. The van der Waals surface area contributed by atoms with Gasteiger partial charge in [0.05, 0.1) is 11.3 Å². The molecule has 1 aromatic rings. The van der Waals surface area contributed by atoms with E-state index >= 15 is 0 Å². The second kappa shape index (κ2) is 6.57. The fraction of sp³-hybridized carbons (Fsp3) is 0.533. The molecule has 0 radical (unpaired) electrons. The SMILES string of the molecule is CCCCC1CN(c2ccccc2C(=O)O)CCN1. The van der Waals surface area contributed by atoms with Crippen molar-refractivity contribution in [1.29, 1.82) is 0 Å². The second-order valence-electron chi connectivity index (χ2n) is 5.06. The number of hydrogen-bond acceptors (Lipinski definition) is 3. The third kappa shape index (κ3) is 3.47. The monoisotopic (exact) mass is 262 g/mol. The first-order chi connectivity index (χ1) is 9.22. The molecule has 1 fully saturated rings. The zero-order valence-corrected chi connectivity index (χ0v) is 11.4. The Morgan fingerprint density at radius 1 is 1.47 bits per heavy atom. The Balaban J connectivity index is 2.11. The predicted octanol–water partition coefficient (Wildman–Crippen LogP) is 2.35. The summed E-state index contributed by atoms with van der Waals surface area (Å²) in [5.74, 6) is -0.848. The van der Waals surface area contributed by atoms with Crippen LogP contribution in [-0.4, -0.2) is 36.8 Å². The van der Waals surface area contributed by atoms with Gasteiger partial charge in [0.15, 0.2) is 0 Å². The van der Waals surface area contributed by atoms with E-state index in [1.54, 1.807) is 12.1 Å². The maximum atomic E-state index is 11.3. The van der Waals surface area contributed by atoms with E-state index in [0.717, 1.165) is 31.7 Å². The highest BCUT2D eigenvalue weighted by Crippen LogP contribution is 2.22. The highest BCUT2D eigenvalue weighted by Gasteiger charge is 2.22. The number of nitrogens with zero attached hydrogens (tertiary/aromatic N) is 1. The predicted molar refractivity (Wildman–Crippen MR) is 76.9 cm³/mol. The molecule has 0 aromatic heterocycles. The van der Waals surface area contributed by atoms with Gasteiger partial charge in [0, 0.05) is 25.7 Å².